The number of benzene rings is 1. The van der Waals surface area contributed by atoms with Crippen LogP contribution in [-0.4, -0.2) is 61.5 Å². The van der Waals surface area contributed by atoms with Crippen LogP contribution < -0.4 is 10.6 Å². The summed E-state index contributed by atoms with van der Waals surface area (Å²) in [4.78, 5) is 27.9. The molecule has 2 heterocycles. The van der Waals surface area contributed by atoms with Crippen LogP contribution in [0.2, 0.25) is 0 Å². The van der Waals surface area contributed by atoms with E-state index in [-0.39, 0.29) is 29.9 Å². The summed E-state index contributed by atoms with van der Waals surface area (Å²) in [7, 11) is 1.74. The van der Waals surface area contributed by atoms with Crippen molar-refractivity contribution in [2.45, 2.75) is 57.7 Å². The van der Waals surface area contributed by atoms with Gasteiger partial charge in [-0.2, -0.15) is 0 Å². The van der Waals surface area contributed by atoms with Crippen LogP contribution in [0.15, 0.2) is 18.2 Å². The molecule has 0 spiro atoms. The van der Waals surface area contributed by atoms with Crippen molar-refractivity contribution in [1.82, 2.24) is 10.2 Å². The zero-order valence-corrected chi connectivity index (χ0v) is 17.7. The second kappa shape index (κ2) is 8.54. The number of carbonyl (C=O) groups excluding carboxylic acids is 2. The highest BCUT2D eigenvalue weighted by molar-refractivity contribution is 5.92. The summed E-state index contributed by atoms with van der Waals surface area (Å²) in [5, 5.41) is 6.76. The van der Waals surface area contributed by atoms with Crippen molar-refractivity contribution in [3.63, 3.8) is 0 Å². The number of ketones is 1. The lowest BCUT2D eigenvalue weighted by Crippen LogP contribution is -2.64. The van der Waals surface area contributed by atoms with Gasteiger partial charge < -0.3 is 15.4 Å². The Hall–Kier alpha value is -1.76. The number of methoxy groups -OCH3 is 1. The van der Waals surface area contributed by atoms with Gasteiger partial charge >= 0.3 is 0 Å². The highest BCUT2D eigenvalue weighted by Crippen LogP contribution is 2.36. The minimum absolute atomic E-state index is 0.0158. The number of fused-ring (bicyclic) bond motifs is 2. The first-order valence-corrected chi connectivity index (χ1v) is 10.9. The fourth-order valence-electron chi connectivity index (χ4n) is 5.28. The second-order valence-corrected chi connectivity index (χ2v) is 9.04. The van der Waals surface area contributed by atoms with E-state index in [1.165, 1.54) is 11.1 Å². The fraction of sp³-hybridized carbons (Fsp3) is 0.652. The summed E-state index contributed by atoms with van der Waals surface area (Å²) in [5.41, 5.74) is 3.21. The van der Waals surface area contributed by atoms with Crippen LogP contribution in [0.3, 0.4) is 0 Å². The molecule has 5 unspecified atom stereocenters. The van der Waals surface area contributed by atoms with E-state index in [1.54, 1.807) is 7.11 Å². The van der Waals surface area contributed by atoms with Crippen LogP contribution in [0.5, 0.6) is 0 Å². The van der Waals surface area contributed by atoms with Gasteiger partial charge in [-0.25, -0.2) is 0 Å². The summed E-state index contributed by atoms with van der Waals surface area (Å²) in [6, 6.07) is 6.52. The topological polar surface area (TPSA) is 70.7 Å². The van der Waals surface area contributed by atoms with Crippen molar-refractivity contribution in [2.75, 3.05) is 32.1 Å². The third-order valence-electron chi connectivity index (χ3n) is 7.15. The Morgan fingerprint density at radius 1 is 1.17 bits per heavy atom. The van der Waals surface area contributed by atoms with Gasteiger partial charge in [0.2, 0.25) is 5.91 Å². The van der Waals surface area contributed by atoms with Crippen LogP contribution in [0.4, 0.5) is 5.69 Å². The van der Waals surface area contributed by atoms with Crippen molar-refractivity contribution in [1.29, 1.82) is 0 Å². The highest BCUT2D eigenvalue weighted by atomic mass is 16.5. The number of ether oxygens (including phenoxy) is 1. The number of likely N-dealkylation sites (tertiary alicyclic amines) is 1. The van der Waals surface area contributed by atoms with Gasteiger partial charge in [0.1, 0.15) is 5.78 Å². The largest absolute Gasteiger partial charge is 0.381 e. The predicted molar refractivity (Wildman–Crippen MR) is 113 cm³/mol. The van der Waals surface area contributed by atoms with Crippen molar-refractivity contribution >= 4 is 17.4 Å². The molecule has 2 saturated heterocycles. The van der Waals surface area contributed by atoms with Gasteiger partial charge in [0.15, 0.2) is 0 Å². The molecule has 4 rings (SSSR count). The Labute approximate surface area is 173 Å². The summed E-state index contributed by atoms with van der Waals surface area (Å²) < 4.78 is 5.53. The first-order valence-electron chi connectivity index (χ1n) is 10.9. The molecule has 1 saturated carbocycles. The lowest BCUT2D eigenvalue weighted by atomic mass is 9.70. The van der Waals surface area contributed by atoms with E-state index in [1.807, 2.05) is 25.1 Å². The van der Waals surface area contributed by atoms with Crippen LogP contribution in [0.25, 0.3) is 0 Å². The number of hydrogen-bond acceptors (Lipinski definition) is 5. The van der Waals surface area contributed by atoms with E-state index in [0.717, 1.165) is 37.9 Å². The summed E-state index contributed by atoms with van der Waals surface area (Å²) in [5.74, 6) is 0.395. The average molecular weight is 400 g/mol. The minimum Gasteiger partial charge on any atom is -0.381 e. The van der Waals surface area contributed by atoms with Gasteiger partial charge in [-0.15, -0.1) is 0 Å². The van der Waals surface area contributed by atoms with Gasteiger partial charge in [-0.1, -0.05) is 6.07 Å². The first-order chi connectivity index (χ1) is 13.9. The standard InChI is InChI=1S/C23H33N3O3/c1-14-4-5-16(10-15(14)2)24-22(27)13-26-9-8-21-19(12-26)23(28)18-11-17(29-3)6-7-20(18)25-21/h4-5,10,17-21,25H,6-9,11-13H2,1-3H3,(H,24,27). The Morgan fingerprint density at radius 3 is 2.72 bits per heavy atom. The van der Waals surface area contributed by atoms with Crippen LogP contribution in [-0.2, 0) is 14.3 Å². The quantitative estimate of drug-likeness (QED) is 0.813. The maximum atomic E-state index is 13.2. The Morgan fingerprint density at radius 2 is 1.97 bits per heavy atom. The molecule has 6 nitrogen and oxygen atoms in total. The minimum atomic E-state index is -0.0185. The molecule has 29 heavy (non-hydrogen) atoms. The lowest BCUT2D eigenvalue weighted by molar-refractivity contribution is -0.138. The Bertz CT molecular complexity index is 781. The number of carbonyl (C=O) groups is 2. The smallest absolute Gasteiger partial charge is 0.238 e. The number of aryl methyl sites for hydroxylation is 2. The zero-order chi connectivity index (χ0) is 20.5. The van der Waals surface area contributed by atoms with Crippen LogP contribution in [0.1, 0.15) is 36.8 Å². The van der Waals surface area contributed by atoms with E-state index in [9.17, 15) is 9.59 Å². The van der Waals surface area contributed by atoms with Gasteiger partial charge in [0.05, 0.1) is 12.6 Å². The van der Waals surface area contributed by atoms with Crippen molar-refractivity contribution in [2.24, 2.45) is 11.8 Å². The van der Waals surface area contributed by atoms with Gasteiger partial charge in [0.25, 0.3) is 0 Å². The molecule has 1 amide bonds. The normalized spacial score (nSPS) is 32.4. The van der Waals surface area contributed by atoms with Gasteiger partial charge in [-0.05, 0) is 62.8 Å². The molecule has 6 heteroatoms. The molecule has 1 aromatic rings. The van der Waals surface area contributed by atoms with Crippen molar-refractivity contribution in [3.8, 4) is 0 Å². The van der Waals surface area contributed by atoms with Crippen molar-refractivity contribution in [3.05, 3.63) is 29.3 Å². The number of anilines is 1. The average Bonchev–Trinajstić information content (AvgIpc) is 2.71. The summed E-state index contributed by atoms with van der Waals surface area (Å²) in [6.45, 7) is 5.95. The molecule has 2 aliphatic heterocycles. The third-order valence-corrected chi connectivity index (χ3v) is 7.15. The summed E-state index contributed by atoms with van der Waals surface area (Å²) in [6.07, 6.45) is 3.98. The highest BCUT2D eigenvalue weighted by Gasteiger charge is 2.47. The van der Waals surface area contributed by atoms with E-state index in [0.29, 0.717) is 24.9 Å². The van der Waals surface area contributed by atoms with Crippen molar-refractivity contribution < 1.29 is 14.3 Å². The molecular formula is C23H33N3O3. The number of nitrogens with one attached hydrogen (secondary N) is 2. The molecule has 158 valence electrons. The summed E-state index contributed by atoms with van der Waals surface area (Å²) >= 11 is 0. The van der Waals surface area contributed by atoms with E-state index in [4.69, 9.17) is 4.74 Å². The maximum absolute atomic E-state index is 13.2. The molecule has 0 aromatic heterocycles. The molecule has 3 aliphatic rings. The Balaban J connectivity index is 1.35. The number of hydrogen-bond donors (Lipinski definition) is 2. The molecule has 5 atom stereocenters. The number of Topliss-reactive ketones (excluding diaryl/α,β-unsaturated/α-hetero) is 1. The SMILES string of the molecule is COC1CCC2NC3CCN(CC(=O)Nc4ccc(C)c(C)c4)CC3C(=O)C2C1. The number of piperidine rings is 2. The van der Waals surface area contributed by atoms with Gasteiger partial charge in [0, 0.05) is 49.8 Å². The van der Waals surface area contributed by atoms with Crippen LogP contribution in [0, 0.1) is 25.7 Å². The molecule has 1 aliphatic carbocycles. The van der Waals surface area contributed by atoms with Crippen LogP contribution >= 0.6 is 0 Å². The second-order valence-electron chi connectivity index (χ2n) is 9.04. The Kier molecular flexibility index (Phi) is 6.04. The zero-order valence-electron chi connectivity index (χ0n) is 17.7. The number of nitrogens with zero attached hydrogens (tertiary/aromatic N) is 1. The van der Waals surface area contributed by atoms with E-state index in [2.05, 4.69) is 22.5 Å². The molecule has 0 bridgehead atoms. The van der Waals surface area contributed by atoms with E-state index < -0.39 is 0 Å². The predicted octanol–water partition coefficient (Wildman–Crippen LogP) is 2.29. The maximum Gasteiger partial charge on any atom is 0.238 e. The van der Waals surface area contributed by atoms with Gasteiger partial charge in [-0.3, -0.25) is 14.5 Å². The first kappa shape index (κ1) is 20.5. The molecule has 0 radical (unpaired) electrons. The molecule has 3 fully saturated rings. The molecule has 1 aromatic carbocycles. The number of amides is 1. The molecular weight excluding hydrogens is 366 g/mol. The van der Waals surface area contributed by atoms with E-state index >= 15 is 0 Å². The lowest BCUT2D eigenvalue weighted by Gasteiger charge is -2.48. The third kappa shape index (κ3) is 4.39. The number of rotatable bonds is 4. The fourth-order valence-corrected chi connectivity index (χ4v) is 5.28. The monoisotopic (exact) mass is 399 g/mol. The molecule has 2 N–H and O–H groups in total.